The molecule has 3 nitrogen and oxygen atoms in total. The third-order valence-corrected chi connectivity index (χ3v) is 5.65. The van der Waals surface area contributed by atoms with Crippen molar-refractivity contribution in [2.24, 2.45) is 0 Å². The van der Waals surface area contributed by atoms with Crippen molar-refractivity contribution >= 4 is 6.03 Å². The van der Waals surface area contributed by atoms with Gasteiger partial charge >= 0.3 is 6.03 Å². The Labute approximate surface area is 174 Å². The van der Waals surface area contributed by atoms with Crippen LogP contribution < -0.4 is 0 Å². The number of carbonyl (C=O) groups is 1. The first-order valence-electron chi connectivity index (χ1n) is 10.2. The topological polar surface area (TPSA) is 23.6 Å². The van der Waals surface area contributed by atoms with E-state index in [0.29, 0.717) is 6.54 Å². The Morgan fingerprint density at radius 2 is 1.14 bits per heavy atom. The molecule has 1 unspecified atom stereocenters. The van der Waals surface area contributed by atoms with E-state index in [9.17, 15) is 4.79 Å². The van der Waals surface area contributed by atoms with E-state index in [4.69, 9.17) is 0 Å². The summed E-state index contributed by atoms with van der Waals surface area (Å²) < 4.78 is 0. The van der Waals surface area contributed by atoms with E-state index in [0.717, 1.165) is 12.0 Å². The summed E-state index contributed by atoms with van der Waals surface area (Å²) in [6.07, 6.45) is 0.879. The van der Waals surface area contributed by atoms with Gasteiger partial charge in [-0.15, -0.1) is 0 Å². The quantitative estimate of drug-likeness (QED) is 0.492. The summed E-state index contributed by atoms with van der Waals surface area (Å²) in [5.74, 6) is 0.268. The molecule has 0 saturated heterocycles. The fourth-order valence-electron chi connectivity index (χ4n) is 3.70. The van der Waals surface area contributed by atoms with Crippen molar-refractivity contribution in [1.29, 1.82) is 0 Å². The normalized spacial score (nSPS) is 11.9. The predicted molar refractivity (Wildman–Crippen MR) is 120 cm³/mol. The number of rotatable bonds is 7. The molecule has 3 aromatic carbocycles. The average molecular weight is 387 g/mol. The zero-order valence-electron chi connectivity index (χ0n) is 17.5. The summed E-state index contributed by atoms with van der Waals surface area (Å²) in [7, 11) is 3.77. The van der Waals surface area contributed by atoms with Crippen LogP contribution in [0, 0.1) is 0 Å². The molecular weight excluding hydrogens is 356 g/mol. The van der Waals surface area contributed by atoms with E-state index >= 15 is 0 Å². The zero-order valence-corrected chi connectivity index (χ0v) is 17.5. The van der Waals surface area contributed by atoms with Crippen LogP contribution in [0.1, 0.15) is 42.0 Å². The molecule has 0 aliphatic rings. The van der Waals surface area contributed by atoms with Gasteiger partial charge in [-0.3, -0.25) is 0 Å². The molecule has 3 aromatic rings. The lowest BCUT2D eigenvalue weighted by molar-refractivity contribution is 0.158. The Balaban J connectivity index is 1.68. The van der Waals surface area contributed by atoms with Crippen LogP contribution in [-0.2, 0) is 0 Å². The van der Waals surface area contributed by atoms with Gasteiger partial charge in [0.1, 0.15) is 0 Å². The van der Waals surface area contributed by atoms with Crippen LogP contribution in [0.25, 0.3) is 0 Å². The smallest absolute Gasteiger partial charge is 0.319 e. The highest BCUT2D eigenvalue weighted by Crippen LogP contribution is 2.28. The number of benzene rings is 3. The second-order valence-electron chi connectivity index (χ2n) is 7.56. The van der Waals surface area contributed by atoms with Crippen molar-refractivity contribution < 1.29 is 4.79 Å². The molecular formula is C26H30N2O. The molecule has 0 aliphatic carbocycles. The van der Waals surface area contributed by atoms with Gasteiger partial charge in [-0.1, -0.05) is 91.0 Å². The molecule has 0 bridgehead atoms. The van der Waals surface area contributed by atoms with Gasteiger partial charge in [0.25, 0.3) is 0 Å². The second kappa shape index (κ2) is 9.92. The van der Waals surface area contributed by atoms with Crippen LogP contribution in [0.5, 0.6) is 0 Å². The molecule has 0 fully saturated rings. The highest BCUT2D eigenvalue weighted by molar-refractivity contribution is 5.74. The number of hydrogen-bond acceptors (Lipinski definition) is 1. The van der Waals surface area contributed by atoms with Crippen molar-refractivity contribution in [3.05, 3.63) is 108 Å². The molecule has 150 valence electrons. The zero-order chi connectivity index (χ0) is 20.6. The van der Waals surface area contributed by atoms with E-state index < -0.39 is 0 Å². The standard InChI is InChI=1S/C26H30N2O/c1-21(22-13-7-4-8-14-22)28(3)26(29)27(2)20-19-25(23-15-9-5-10-16-23)24-17-11-6-12-18-24/h4-18,21,25H,19-20H2,1-3H3. The molecule has 29 heavy (non-hydrogen) atoms. The lowest BCUT2D eigenvalue weighted by atomic mass is 9.88. The summed E-state index contributed by atoms with van der Waals surface area (Å²) >= 11 is 0. The number of nitrogens with zero attached hydrogens (tertiary/aromatic N) is 2. The Bertz CT molecular complexity index is 841. The predicted octanol–water partition coefficient (Wildman–Crippen LogP) is 5.95. The first-order valence-corrected chi connectivity index (χ1v) is 10.2. The second-order valence-corrected chi connectivity index (χ2v) is 7.56. The average Bonchev–Trinajstić information content (AvgIpc) is 2.79. The van der Waals surface area contributed by atoms with Gasteiger partial charge in [0.2, 0.25) is 0 Å². The molecule has 0 aromatic heterocycles. The molecule has 1 atom stereocenters. The van der Waals surface area contributed by atoms with Crippen molar-refractivity contribution in [3.63, 3.8) is 0 Å². The molecule has 3 rings (SSSR count). The molecule has 0 spiro atoms. The van der Waals surface area contributed by atoms with Crippen LogP contribution in [0.3, 0.4) is 0 Å². The van der Waals surface area contributed by atoms with Crippen molar-refractivity contribution in [2.45, 2.75) is 25.3 Å². The molecule has 2 amide bonds. The Kier molecular flexibility index (Phi) is 7.07. The maximum absolute atomic E-state index is 13.0. The lowest BCUT2D eigenvalue weighted by Crippen LogP contribution is -2.40. The third kappa shape index (κ3) is 5.26. The van der Waals surface area contributed by atoms with Gasteiger partial charge in [0.05, 0.1) is 6.04 Å². The fraction of sp³-hybridized carbons (Fsp3) is 0.269. The Morgan fingerprint density at radius 1 is 0.724 bits per heavy atom. The molecule has 0 saturated carbocycles. The molecule has 0 radical (unpaired) electrons. The molecule has 0 aliphatic heterocycles. The van der Waals surface area contributed by atoms with Crippen LogP contribution in [-0.4, -0.2) is 36.5 Å². The number of hydrogen-bond donors (Lipinski definition) is 0. The van der Waals surface area contributed by atoms with E-state index in [2.05, 4.69) is 67.6 Å². The van der Waals surface area contributed by atoms with Gasteiger partial charge in [-0.2, -0.15) is 0 Å². The minimum absolute atomic E-state index is 0.0326. The third-order valence-electron chi connectivity index (χ3n) is 5.65. The molecule has 0 N–H and O–H groups in total. The van der Waals surface area contributed by atoms with Gasteiger partial charge in [-0.25, -0.2) is 4.79 Å². The van der Waals surface area contributed by atoms with Crippen LogP contribution in [0.2, 0.25) is 0 Å². The van der Waals surface area contributed by atoms with Crippen molar-refractivity contribution in [3.8, 4) is 0 Å². The molecule has 0 heterocycles. The first kappa shape index (κ1) is 20.7. The van der Waals surface area contributed by atoms with Crippen LogP contribution >= 0.6 is 0 Å². The minimum Gasteiger partial charge on any atom is -0.328 e. The van der Waals surface area contributed by atoms with Crippen molar-refractivity contribution in [2.75, 3.05) is 20.6 Å². The monoisotopic (exact) mass is 386 g/mol. The van der Waals surface area contributed by atoms with Gasteiger partial charge in [0.15, 0.2) is 0 Å². The van der Waals surface area contributed by atoms with Gasteiger partial charge in [-0.05, 0) is 30.0 Å². The highest BCUT2D eigenvalue weighted by atomic mass is 16.2. The van der Waals surface area contributed by atoms with E-state index in [1.54, 1.807) is 0 Å². The van der Waals surface area contributed by atoms with Crippen LogP contribution in [0.4, 0.5) is 4.79 Å². The maximum Gasteiger partial charge on any atom is 0.319 e. The summed E-state index contributed by atoms with van der Waals surface area (Å²) in [5, 5.41) is 0. The summed E-state index contributed by atoms with van der Waals surface area (Å²) in [6, 6.07) is 31.3. The maximum atomic E-state index is 13.0. The van der Waals surface area contributed by atoms with Gasteiger partial charge < -0.3 is 9.80 Å². The minimum atomic E-state index is 0.0326. The highest BCUT2D eigenvalue weighted by Gasteiger charge is 2.22. The summed E-state index contributed by atoms with van der Waals surface area (Å²) in [6.45, 7) is 2.76. The van der Waals surface area contributed by atoms with E-state index in [-0.39, 0.29) is 18.0 Å². The Hall–Kier alpha value is -3.07. The Morgan fingerprint density at radius 3 is 1.59 bits per heavy atom. The van der Waals surface area contributed by atoms with Crippen LogP contribution in [0.15, 0.2) is 91.0 Å². The van der Waals surface area contributed by atoms with Crippen molar-refractivity contribution in [1.82, 2.24) is 9.80 Å². The number of urea groups is 1. The first-order chi connectivity index (χ1) is 14.1. The molecule has 3 heteroatoms. The summed E-state index contributed by atoms with van der Waals surface area (Å²) in [4.78, 5) is 16.6. The van der Waals surface area contributed by atoms with E-state index in [1.807, 2.05) is 54.2 Å². The number of amides is 2. The fourth-order valence-corrected chi connectivity index (χ4v) is 3.70. The van der Waals surface area contributed by atoms with E-state index in [1.165, 1.54) is 11.1 Å². The summed E-state index contributed by atoms with van der Waals surface area (Å²) in [5.41, 5.74) is 3.71. The van der Waals surface area contributed by atoms with Gasteiger partial charge in [0, 0.05) is 26.6 Å². The lowest BCUT2D eigenvalue weighted by Gasteiger charge is -2.31. The largest absolute Gasteiger partial charge is 0.328 e. The SMILES string of the molecule is CC(c1ccccc1)N(C)C(=O)N(C)CCC(c1ccccc1)c1ccccc1. The number of carbonyl (C=O) groups excluding carboxylic acids is 1.